The number of aryl methyl sites for hydroxylation is 2. The number of ether oxygens (including phenoxy) is 1. The molecule has 1 heterocycles. The topological polar surface area (TPSA) is 45.9 Å². The lowest BCUT2D eigenvalue weighted by atomic mass is 9.90. The Morgan fingerprint density at radius 2 is 1.95 bits per heavy atom. The fourth-order valence-electron chi connectivity index (χ4n) is 1.87. The molecule has 0 atom stereocenters. The normalized spacial score (nSPS) is 11.2. The van der Waals surface area contributed by atoms with Crippen molar-refractivity contribution in [3.05, 3.63) is 40.6 Å². The van der Waals surface area contributed by atoms with Gasteiger partial charge in [-0.05, 0) is 31.0 Å². The first-order valence-electron chi connectivity index (χ1n) is 6.48. The fourth-order valence-corrected chi connectivity index (χ4v) is 2.77. The molecule has 0 aliphatic heterocycles. The van der Waals surface area contributed by atoms with Crippen molar-refractivity contribution in [3.63, 3.8) is 0 Å². The number of hydrogen-bond acceptors (Lipinski definition) is 4. The largest absolute Gasteiger partial charge is 0.443 e. The van der Waals surface area contributed by atoms with Crippen molar-refractivity contribution in [1.29, 1.82) is 5.26 Å². The number of benzene rings is 1. The Hall–Kier alpha value is -1.86. The van der Waals surface area contributed by atoms with E-state index in [1.807, 2.05) is 52.8 Å². The second kappa shape index (κ2) is 5.26. The molecule has 0 radical (unpaired) electrons. The van der Waals surface area contributed by atoms with Crippen molar-refractivity contribution in [3.8, 4) is 16.9 Å². The molecule has 1 aromatic carbocycles. The Balaban J connectivity index is 2.43. The Labute approximate surface area is 124 Å². The third kappa shape index (κ3) is 2.83. The van der Waals surface area contributed by atoms with Gasteiger partial charge >= 0.3 is 0 Å². The van der Waals surface area contributed by atoms with Crippen molar-refractivity contribution >= 4 is 11.5 Å². The molecule has 20 heavy (non-hydrogen) atoms. The molecule has 1 aromatic heterocycles. The first-order chi connectivity index (χ1) is 9.32. The molecule has 0 unspecified atom stereocenters. The molecule has 2 rings (SSSR count). The first-order valence-corrected chi connectivity index (χ1v) is 7.25. The molecule has 2 aromatic rings. The second-order valence-electron chi connectivity index (χ2n) is 5.93. The minimum atomic E-state index is -0.162. The second-order valence-corrected chi connectivity index (χ2v) is 6.66. The third-order valence-electron chi connectivity index (χ3n) is 3.03. The summed E-state index contributed by atoms with van der Waals surface area (Å²) < 4.78 is 10.3. The van der Waals surface area contributed by atoms with E-state index in [9.17, 15) is 5.26 Å². The van der Waals surface area contributed by atoms with Crippen LogP contribution in [-0.2, 0) is 5.41 Å². The number of rotatable bonds is 2. The van der Waals surface area contributed by atoms with E-state index >= 15 is 0 Å². The molecular formula is C16H18N2OS. The lowest BCUT2D eigenvalue weighted by Gasteiger charge is -2.15. The van der Waals surface area contributed by atoms with E-state index in [0.29, 0.717) is 10.6 Å². The van der Waals surface area contributed by atoms with Crippen LogP contribution in [0.25, 0.3) is 0 Å². The molecule has 4 heteroatoms. The van der Waals surface area contributed by atoms with Gasteiger partial charge in [0.05, 0.1) is 5.69 Å². The van der Waals surface area contributed by atoms with Crippen LogP contribution >= 0.6 is 11.5 Å². The third-order valence-corrected chi connectivity index (χ3v) is 3.76. The summed E-state index contributed by atoms with van der Waals surface area (Å²) in [5.74, 6) is 0.783. The molecule has 0 N–H and O–H groups in total. The lowest BCUT2D eigenvalue weighted by Crippen LogP contribution is -2.13. The summed E-state index contributed by atoms with van der Waals surface area (Å²) in [6, 6.07) is 8.27. The zero-order valence-corrected chi connectivity index (χ0v) is 13.3. The molecule has 0 aliphatic rings. The van der Waals surface area contributed by atoms with Crippen molar-refractivity contribution < 1.29 is 4.74 Å². The highest BCUT2D eigenvalue weighted by Gasteiger charge is 2.25. The maximum atomic E-state index is 9.39. The summed E-state index contributed by atoms with van der Waals surface area (Å²) in [7, 11) is 0. The monoisotopic (exact) mass is 286 g/mol. The summed E-state index contributed by atoms with van der Waals surface area (Å²) in [6.45, 7) is 10.1. The van der Waals surface area contributed by atoms with Crippen LogP contribution in [0.5, 0.6) is 10.8 Å². The van der Waals surface area contributed by atoms with Crippen LogP contribution in [0.1, 0.15) is 43.2 Å². The van der Waals surface area contributed by atoms with Crippen LogP contribution < -0.4 is 4.74 Å². The number of aromatic nitrogens is 1. The van der Waals surface area contributed by atoms with Gasteiger partial charge in [-0.25, -0.2) is 0 Å². The summed E-state index contributed by atoms with van der Waals surface area (Å²) in [4.78, 5) is 0. The fraction of sp³-hybridized carbons (Fsp3) is 0.375. The van der Waals surface area contributed by atoms with Crippen molar-refractivity contribution in [2.24, 2.45) is 0 Å². The van der Waals surface area contributed by atoms with E-state index in [4.69, 9.17) is 4.74 Å². The highest BCUT2D eigenvalue weighted by Crippen LogP contribution is 2.37. The van der Waals surface area contributed by atoms with E-state index in [1.165, 1.54) is 11.5 Å². The molecule has 0 saturated heterocycles. The Morgan fingerprint density at radius 3 is 2.55 bits per heavy atom. The molecular weight excluding hydrogens is 268 g/mol. The molecule has 3 nitrogen and oxygen atoms in total. The van der Waals surface area contributed by atoms with Gasteiger partial charge in [0.2, 0.25) is 5.06 Å². The van der Waals surface area contributed by atoms with Crippen LogP contribution in [-0.4, -0.2) is 4.37 Å². The highest BCUT2D eigenvalue weighted by molar-refractivity contribution is 7.08. The maximum absolute atomic E-state index is 9.39. The van der Waals surface area contributed by atoms with Crippen LogP contribution in [0.2, 0.25) is 0 Å². The van der Waals surface area contributed by atoms with Crippen molar-refractivity contribution in [2.75, 3.05) is 0 Å². The van der Waals surface area contributed by atoms with Gasteiger partial charge in [-0.3, -0.25) is 0 Å². The smallest absolute Gasteiger partial charge is 0.218 e. The molecule has 0 saturated carbocycles. The lowest BCUT2D eigenvalue weighted by molar-refractivity contribution is 0.487. The van der Waals surface area contributed by atoms with Gasteiger partial charge in [0, 0.05) is 16.9 Å². The van der Waals surface area contributed by atoms with Gasteiger partial charge < -0.3 is 4.74 Å². The SMILES string of the molecule is Cc1ccc(C)c(Oc2snc(C(C)(C)C)c2C#N)c1. The Bertz CT molecular complexity index is 675. The van der Waals surface area contributed by atoms with Crippen LogP contribution in [0, 0.1) is 25.2 Å². The van der Waals surface area contributed by atoms with E-state index < -0.39 is 0 Å². The summed E-state index contributed by atoms with van der Waals surface area (Å²) in [6.07, 6.45) is 0. The van der Waals surface area contributed by atoms with Crippen LogP contribution in [0.3, 0.4) is 0 Å². The van der Waals surface area contributed by atoms with Crippen LogP contribution in [0.4, 0.5) is 0 Å². The quantitative estimate of drug-likeness (QED) is 0.802. The predicted molar refractivity (Wildman–Crippen MR) is 81.5 cm³/mol. The Morgan fingerprint density at radius 1 is 1.25 bits per heavy atom. The minimum absolute atomic E-state index is 0.162. The van der Waals surface area contributed by atoms with Gasteiger partial charge in [0.1, 0.15) is 17.4 Å². The average Bonchev–Trinajstić information content (AvgIpc) is 2.76. The van der Waals surface area contributed by atoms with Crippen molar-refractivity contribution in [1.82, 2.24) is 4.37 Å². The Kier molecular flexibility index (Phi) is 3.82. The highest BCUT2D eigenvalue weighted by atomic mass is 32.1. The van der Waals surface area contributed by atoms with Crippen LogP contribution in [0.15, 0.2) is 18.2 Å². The van der Waals surface area contributed by atoms with Gasteiger partial charge in [-0.15, -0.1) is 0 Å². The van der Waals surface area contributed by atoms with E-state index in [2.05, 4.69) is 10.4 Å². The van der Waals surface area contributed by atoms with Gasteiger partial charge in [0.25, 0.3) is 0 Å². The summed E-state index contributed by atoms with van der Waals surface area (Å²) in [5, 5.41) is 9.97. The predicted octanol–water partition coefficient (Wildman–Crippen LogP) is 4.72. The van der Waals surface area contributed by atoms with E-state index in [1.54, 1.807) is 0 Å². The first kappa shape index (κ1) is 14.5. The molecule has 0 amide bonds. The minimum Gasteiger partial charge on any atom is -0.443 e. The number of nitrogens with zero attached hydrogens (tertiary/aromatic N) is 2. The number of nitriles is 1. The average molecular weight is 286 g/mol. The van der Waals surface area contributed by atoms with E-state index in [0.717, 1.165) is 22.6 Å². The summed E-state index contributed by atoms with van der Waals surface area (Å²) >= 11 is 1.24. The number of hydrogen-bond donors (Lipinski definition) is 0. The molecule has 0 fully saturated rings. The zero-order chi connectivity index (χ0) is 14.9. The van der Waals surface area contributed by atoms with E-state index in [-0.39, 0.29) is 5.41 Å². The maximum Gasteiger partial charge on any atom is 0.218 e. The van der Waals surface area contributed by atoms with Gasteiger partial charge in [-0.1, -0.05) is 32.9 Å². The zero-order valence-electron chi connectivity index (χ0n) is 12.4. The van der Waals surface area contributed by atoms with Crippen molar-refractivity contribution in [2.45, 2.75) is 40.0 Å². The standard InChI is InChI=1S/C16H18N2OS/c1-10-6-7-11(2)13(8-10)19-15-12(9-17)14(18-20-15)16(3,4)5/h6-8H,1-5H3. The molecule has 0 aliphatic carbocycles. The van der Waals surface area contributed by atoms with Gasteiger partial charge in [0.15, 0.2) is 0 Å². The molecule has 0 spiro atoms. The summed E-state index contributed by atoms with van der Waals surface area (Å²) in [5.41, 5.74) is 3.36. The van der Waals surface area contributed by atoms with Gasteiger partial charge in [-0.2, -0.15) is 9.64 Å². The molecule has 104 valence electrons. The molecule has 0 bridgehead atoms.